The highest BCUT2D eigenvalue weighted by atomic mass is 35.5. The van der Waals surface area contributed by atoms with Gasteiger partial charge in [0.05, 0.1) is 22.5 Å². The molecule has 1 aromatic heterocycles. The minimum atomic E-state index is -0.477. The normalized spacial score (nSPS) is 14.2. The lowest BCUT2D eigenvalue weighted by Gasteiger charge is -2.19. The summed E-state index contributed by atoms with van der Waals surface area (Å²) in [4.78, 5) is 0. The van der Waals surface area contributed by atoms with Crippen molar-refractivity contribution in [2.75, 3.05) is 0 Å². The Labute approximate surface area is 125 Å². The van der Waals surface area contributed by atoms with Crippen LogP contribution in [0, 0.1) is 0 Å². The van der Waals surface area contributed by atoms with E-state index >= 15 is 0 Å². The maximum Gasteiger partial charge on any atom is 0.0850 e. The lowest BCUT2D eigenvalue weighted by Crippen LogP contribution is -2.20. The zero-order chi connectivity index (χ0) is 14.7. The molecule has 0 aliphatic carbocycles. The average molecular weight is 293 g/mol. The van der Waals surface area contributed by atoms with Gasteiger partial charge >= 0.3 is 0 Å². The number of rotatable bonds is 5. The molecule has 2 atom stereocenters. The minimum Gasteiger partial charge on any atom is -0.392 e. The van der Waals surface area contributed by atoms with Crippen molar-refractivity contribution in [3.8, 4) is 0 Å². The first-order valence-corrected chi connectivity index (χ1v) is 7.35. The van der Waals surface area contributed by atoms with E-state index in [-0.39, 0.29) is 5.92 Å². The molecule has 0 saturated carbocycles. The first-order valence-electron chi connectivity index (χ1n) is 6.97. The lowest BCUT2D eigenvalue weighted by molar-refractivity contribution is 0.147. The molecule has 2 rings (SSSR count). The highest BCUT2D eigenvalue weighted by Gasteiger charge is 2.21. The second kappa shape index (κ2) is 6.42. The van der Waals surface area contributed by atoms with Crippen LogP contribution in [0.25, 0.3) is 0 Å². The molecular weight excluding hydrogens is 272 g/mol. The zero-order valence-corrected chi connectivity index (χ0v) is 12.9. The summed E-state index contributed by atoms with van der Waals surface area (Å²) < 4.78 is 1.78. The number of benzene rings is 1. The lowest BCUT2D eigenvalue weighted by atomic mass is 9.92. The molecule has 0 radical (unpaired) electrons. The Morgan fingerprint density at radius 2 is 1.95 bits per heavy atom. The second-order valence-corrected chi connectivity index (χ2v) is 5.53. The number of nitrogens with zero attached hydrogens (tertiary/aromatic N) is 2. The van der Waals surface area contributed by atoms with E-state index in [1.165, 1.54) is 0 Å². The highest BCUT2D eigenvalue weighted by Crippen LogP contribution is 2.26. The summed E-state index contributed by atoms with van der Waals surface area (Å²) in [6.07, 6.45) is 0.838. The van der Waals surface area contributed by atoms with Crippen molar-refractivity contribution in [1.82, 2.24) is 9.78 Å². The van der Waals surface area contributed by atoms with Crippen molar-refractivity contribution in [3.63, 3.8) is 0 Å². The molecule has 0 aliphatic rings. The van der Waals surface area contributed by atoms with Crippen LogP contribution in [0.5, 0.6) is 0 Å². The van der Waals surface area contributed by atoms with Gasteiger partial charge in [0.1, 0.15) is 0 Å². The van der Waals surface area contributed by atoms with Crippen molar-refractivity contribution in [2.45, 2.75) is 38.7 Å². The third-order valence-electron chi connectivity index (χ3n) is 3.81. The Morgan fingerprint density at radius 3 is 2.50 bits per heavy atom. The van der Waals surface area contributed by atoms with Crippen LogP contribution in [0.2, 0.25) is 5.02 Å². The molecule has 3 nitrogen and oxygen atoms in total. The largest absolute Gasteiger partial charge is 0.392 e. The van der Waals surface area contributed by atoms with Crippen LogP contribution >= 0.6 is 11.6 Å². The Kier molecular flexibility index (Phi) is 4.84. The first kappa shape index (κ1) is 15.1. The fourth-order valence-electron chi connectivity index (χ4n) is 2.40. The summed E-state index contributed by atoms with van der Waals surface area (Å²) >= 11 is 6.33. The molecule has 0 amide bonds. The summed E-state index contributed by atoms with van der Waals surface area (Å²) in [5.74, 6) is 0.0623. The van der Waals surface area contributed by atoms with Gasteiger partial charge in [-0.05, 0) is 12.0 Å². The van der Waals surface area contributed by atoms with Gasteiger partial charge in [-0.25, -0.2) is 0 Å². The quantitative estimate of drug-likeness (QED) is 0.918. The topological polar surface area (TPSA) is 38.0 Å². The fraction of sp³-hybridized carbons (Fsp3) is 0.438. The number of hydrogen-bond donors (Lipinski definition) is 1. The molecule has 2 aromatic rings. The summed E-state index contributed by atoms with van der Waals surface area (Å²) in [6.45, 7) is 4.06. The third-order valence-corrected chi connectivity index (χ3v) is 4.24. The van der Waals surface area contributed by atoms with E-state index in [1.807, 2.05) is 51.2 Å². The Bertz CT molecular complexity index is 565. The third kappa shape index (κ3) is 3.05. The van der Waals surface area contributed by atoms with E-state index in [4.69, 9.17) is 11.6 Å². The number of aliphatic hydroxyl groups is 1. The molecule has 4 heteroatoms. The molecular formula is C16H21ClN2O. The van der Waals surface area contributed by atoms with Gasteiger partial charge in [0, 0.05) is 19.4 Å². The van der Waals surface area contributed by atoms with Crippen molar-refractivity contribution in [1.29, 1.82) is 0 Å². The Balaban J connectivity index is 2.16. The molecule has 1 aromatic carbocycles. The predicted molar refractivity (Wildman–Crippen MR) is 82.2 cm³/mol. The van der Waals surface area contributed by atoms with Crippen molar-refractivity contribution in [3.05, 3.63) is 52.3 Å². The Hall–Kier alpha value is -1.32. The molecule has 0 spiro atoms. The predicted octanol–water partition coefficient (Wildman–Crippen LogP) is 3.34. The molecule has 1 heterocycles. The highest BCUT2D eigenvalue weighted by molar-refractivity contribution is 6.31. The summed E-state index contributed by atoms with van der Waals surface area (Å²) in [5, 5.41) is 15.5. The second-order valence-electron chi connectivity index (χ2n) is 5.16. The van der Waals surface area contributed by atoms with Crippen LogP contribution < -0.4 is 0 Å². The molecule has 2 unspecified atom stereocenters. The van der Waals surface area contributed by atoms with Crippen molar-refractivity contribution < 1.29 is 5.11 Å². The van der Waals surface area contributed by atoms with Gasteiger partial charge in [-0.3, -0.25) is 4.68 Å². The summed E-state index contributed by atoms with van der Waals surface area (Å²) in [6, 6.07) is 10.0. The van der Waals surface area contributed by atoms with E-state index in [2.05, 4.69) is 5.10 Å². The van der Waals surface area contributed by atoms with E-state index in [0.717, 1.165) is 23.4 Å². The number of aryl methyl sites for hydroxylation is 2. The molecule has 0 saturated heterocycles. The first-order chi connectivity index (χ1) is 9.54. The van der Waals surface area contributed by atoms with Gasteiger partial charge in [-0.1, -0.05) is 55.8 Å². The maximum absolute atomic E-state index is 10.5. The van der Waals surface area contributed by atoms with Crippen LogP contribution in [0.4, 0.5) is 0 Å². The average Bonchev–Trinajstić information content (AvgIpc) is 2.74. The van der Waals surface area contributed by atoms with E-state index in [9.17, 15) is 5.11 Å². The Morgan fingerprint density at radius 1 is 1.30 bits per heavy atom. The van der Waals surface area contributed by atoms with Crippen LogP contribution in [-0.2, 0) is 19.9 Å². The summed E-state index contributed by atoms with van der Waals surface area (Å²) in [7, 11) is 1.88. The SMILES string of the molecule is CCc1nn(C)c(CC(O)C(C)c2ccccc2)c1Cl. The standard InChI is InChI=1S/C16H21ClN2O/c1-4-13-16(17)14(19(3)18-13)10-15(20)11(2)12-8-6-5-7-9-12/h5-9,11,15,20H,4,10H2,1-3H3. The number of halogens is 1. The van der Waals surface area contributed by atoms with Gasteiger partial charge < -0.3 is 5.11 Å². The van der Waals surface area contributed by atoms with Crippen LogP contribution in [0.1, 0.15) is 36.7 Å². The van der Waals surface area contributed by atoms with E-state index in [0.29, 0.717) is 11.4 Å². The van der Waals surface area contributed by atoms with Gasteiger partial charge in [-0.2, -0.15) is 5.10 Å². The van der Waals surface area contributed by atoms with E-state index in [1.54, 1.807) is 4.68 Å². The van der Waals surface area contributed by atoms with Crippen LogP contribution in [-0.4, -0.2) is 21.0 Å². The molecule has 1 N–H and O–H groups in total. The van der Waals surface area contributed by atoms with Gasteiger partial charge in [0.25, 0.3) is 0 Å². The van der Waals surface area contributed by atoms with Crippen molar-refractivity contribution >= 4 is 11.6 Å². The molecule has 20 heavy (non-hydrogen) atoms. The molecule has 108 valence electrons. The van der Waals surface area contributed by atoms with Crippen LogP contribution in [0.3, 0.4) is 0 Å². The van der Waals surface area contributed by atoms with Crippen molar-refractivity contribution in [2.24, 2.45) is 7.05 Å². The zero-order valence-electron chi connectivity index (χ0n) is 12.2. The summed E-state index contributed by atoms with van der Waals surface area (Å²) in [5.41, 5.74) is 2.93. The van der Waals surface area contributed by atoms with Gasteiger partial charge in [0.15, 0.2) is 0 Å². The monoisotopic (exact) mass is 292 g/mol. The molecule has 0 bridgehead atoms. The fourth-order valence-corrected chi connectivity index (χ4v) is 2.77. The molecule has 0 aliphatic heterocycles. The number of aliphatic hydroxyl groups excluding tert-OH is 1. The number of aromatic nitrogens is 2. The maximum atomic E-state index is 10.5. The van der Waals surface area contributed by atoms with Gasteiger partial charge in [-0.15, -0.1) is 0 Å². The minimum absolute atomic E-state index is 0.0623. The van der Waals surface area contributed by atoms with Gasteiger partial charge in [0.2, 0.25) is 0 Å². The smallest absolute Gasteiger partial charge is 0.0850 e. The van der Waals surface area contributed by atoms with Crippen LogP contribution in [0.15, 0.2) is 30.3 Å². The van der Waals surface area contributed by atoms with E-state index < -0.39 is 6.10 Å². The molecule has 0 fully saturated rings. The number of hydrogen-bond acceptors (Lipinski definition) is 2.